The number of rotatable bonds is 10. The summed E-state index contributed by atoms with van der Waals surface area (Å²) in [5.74, 6) is 0. The molecule has 1 heterocycles. The number of aromatic nitrogens is 1. The van der Waals surface area contributed by atoms with E-state index in [0.29, 0.717) is 0 Å². The molecule has 0 bridgehead atoms. The van der Waals surface area contributed by atoms with E-state index in [1.54, 1.807) is 0 Å². The van der Waals surface area contributed by atoms with Crippen LogP contribution in [0.3, 0.4) is 0 Å². The molecule has 14 rings (SSSR count). The molecule has 0 radical (unpaired) electrons. The van der Waals surface area contributed by atoms with Crippen LogP contribution in [0.15, 0.2) is 303 Å². The largest absolute Gasteiger partial charge is 0.311 e. The Morgan fingerprint density at radius 3 is 1.32 bits per heavy atom. The van der Waals surface area contributed by atoms with Crippen molar-refractivity contribution in [3.05, 3.63) is 326 Å². The first-order valence-electron chi connectivity index (χ1n) is 25.9. The predicted octanol–water partition coefficient (Wildman–Crippen LogP) is 19.3. The lowest BCUT2D eigenvalue weighted by molar-refractivity contribution is 0.768. The molecule has 0 fully saturated rings. The molecule has 12 aromatic carbocycles. The van der Waals surface area contributed by atoms with Gasteiger partial charge in [0.2, 0.25) is 0 Å². The Balaban J connectivity index is 0.858. The second-order valence-corrected chi connectivity index (χ2v) is 19.6. The van der Waals surface area contributed by atoms with Crippen LogP contribution in [0, 0.1) is 0 Å². The molecule has 1 aromatic heterocycles. The highest BCUT2D eigenvalue weighted by Crippen LogP contribution is 2.58. The van der Waals surface area contributed by atoms with E-state index in [2.05, 4.69) is 313 Å². The van der Waals surface area contributed by atoms with Gasteiger partial charge in [-0.05, 0) is 127 Å². The summed E-state index contributed by atoms with van der Waals surface area (Å²) < 4.78 is 2.53. The van der Waals surface area contributed by atoms with Gasteiger partial charge in [-0.2, -0.15) is 0 Å². The molecule has 1 aliphatic carbocycles. The van der Waals surface area contributed by atoms with Crippen molar-refractivity contribution < 1.29 is 0 Å². The van der Waals surface area contributed by atoms with Crippen LogP contribution in [-0.2, 0) is 5.41 Å². The Morgan fingerprint density at radius 1 is 0.267 bits per heavy atom. The fourth-order valence-corrected chi connectivity index (χ4v) is 12.1. The summed E-state index contributed by atoms with van der Waals surface area (Å²) in [5, 5.41) is 2.46. The molecule has 75 heavy (non-hydrogen) atoms. The van der Waals surface area contributed by atoms with E-state index in [1.807, 2.05) is 0 Å². The highest BCUT2D eigenvalue weighted by atomic mass is 15.1. The molecule has 0 saturated heterocycles. The average molecular weight is 955 g/mol. The number of benzene rings is 12. The van der Waals surface area contributed by atoms with Crippen molar-refractivity contribution >= 4 is 38.9 Å². The average Bonchev–Trinajstić information content (AvgIpc) is 4.10. The van der Waals surface area contributed by atoms with Gasteiger partial charge in [0, 0.05) is 33.4 Å². The number of hydrogen-bond donors (Lipinski definition) is 0. The molecular weight excluding hydrogens is 905 g/mol. The fraction of sp³-hybridized carbons (Fsp3) is 0.0137. The van der Waals surface area contributed by atoms with Crippen molar-refractivity contribution in [2.24, 2.45) is 0 Å². The molecular formula is C73H50N2. The molecule has 0 unspecified atom stereocenters. The Hall–Kier alpha value is -9.76. The lowest BCUT2D eigenvalue weighted by atomic mass is 9.68. The summed E-state index contributed by atoms with van der Waals surface area (Å²) in [5.41, 5.74) is 23.5. The zero-order chi connectivity index (χ0) is 49.7. The highest BCUT2D eigenvalue weighted by Gasteiger charge is 2.47. The molecule has 352 valence electrons. The first-order valence-corrected chi connectivity index (χ1v) is 25.9. The molecule has 2 heteroatoms. The van der Waals surface area contributed by atoms with Crippen LogP contribution in [0.25, 0.3) is 83.1 Å². The third-order valence-corrected chi connectivity index (χ3v) is 15.5. The maximum atomic E-state index is 2.53. The summed E-state index contributed by atoms with van der Waals surface area (Å²) >= 11 is 0. The minimum absolute atomic E-state index is 0.498. The van der Waals surface area contributed by atoms with Gasteiger partial charge >= 0.3 is 0 Å². The minimum atomic E-state index is -0.498. The Morgan fingerprint density at radius 2 is 0.693 bits per heavy atom. The summed E-state index contributed by atoms with van der Waals surface area (Å²) in [7, 11) is 0. The Labute approximate surface area is 438 Å². The van der Waals surface area contributed by atoms with Crippen LogP contribution in [-0.4, -0.2) is 4.57 Å². The van der Waals surface area contributed by atoms with Gasteiger partial charge in [-0.1, -0.05) is 249 Å². The maximum Gasteiger partial charge on any atom is 0.0714 e. The van der Waals surface area contributed by atoms with Crippen LogP contribution in [0.4, 0.5) is 17.1 Å². The van der Waals surface area contributed by atoms with Gasteiger partial charge in [0.1, 0.15) is 0 Å². The van der Waals surface area contributed by atoms with E-state index in [-0.39, 0.29) is 0 Å². The van der Waals surface area contributed by atoms with Crippen molar-refractivity contribution in [1.29, 1.82) is 0 Å². The molecule has 13 aromatic rings. The van der Waals surface area contributed by atoms with Crippen LogP contribution in [0.1, 0.15) is 22.3 Å². The maximum absolute atomic E-state index is 2.53. The molecule has 0 atom stereocenters. The zero-order valence-corrected chi connectivity index (χ0v) is 41.3. The smallest absolute Gasteiger partial charge is 0.0714 e. The molecule has 0 N–H and O–H groups in total. The van der Waals surface area contributed by atoms with Gasteiger partial charge in [-0.15, -0.1) is 0 Å². The number of para-hydroxylation sites is 2. The van der Waals surface area contributed by atoms with Gasteiger partial charge < -0.3 is 9.47 Å². The Bertz CT molecular complexity index is 4140. The van der Waals surface area contributed by atoms with Crippen molar-refractivity contribution in [2.45, 2.75) is 5.41 Å². The van der Waals surface area contributed by atoms with Crippen LogP contribution in [0.2, 0.25) is 0 Å². The molecule has 2 nitrogen and oxygen atoms in total. The molecule has 0 spiro atoms. The van der Waals surface area contributed by atoms with E-state index >= 15 is 0 Å². The quantitative estimate of drug-likeness (QED) is 0.133. The number of hydrogen-bond acceptors (Lipinski definition) is 1. The summed E-state index contributed by atoms with van der Waals surface area (Å²) in [6.07, 6.45) is 0. The van der Waals surface area contributed by atoms with E-state index in [0.717, 1.165) is 22.6 Å². The van der Waals surface area contributed by atoms with Crippen molar-refractivity contribution in [1.82, 2.24) is 4.57 Å². The number of nitrogens with zero attached hydrogens (tertiary/aromatic N) is 2. The van der Waals surface area contributed by atoms with Crippen LogP contribution >= 0.6 is 0 Å². The standard InChI is InChI=1S/C73H50N2/c1-5-20-51(21-6-1)52-36-38-53(39-37-52)54-40-45-60(46-41-54)74(59-26-11-4-12-27-59)61-47-42-55(43-48-61)62-28-13-14-29-63(62)56-44-49-65-64-30-16-18-34-69(64)75(71(65)50-56)70-35-19-33-68-72(70)66-31-15-17-32-67(66)73(68,57-22-7-2-8-23-57)58-24-9-3-10-25-58/h1-50H. The monoisotopic (exact) mass is 954 g/mol. The predicted molar refractivity (Wildman–Crippen MR) is 315 cm³/mol. The van der Waals surface area contributed by atoms with Crippen LogP contribution in [0.5, 0.6) is 0 Å². The first-order chi connectivity index (χ1) is 37.2. The Kier molecular flexibility index (Phi) is 10.8. The highest BCUT2D eigenvalue weighted by molar-refractivity contribution is 6.11. The lowest BCUT2D eigenvalue weighted by Crippen LogP contribution is -2.28. The third kappa shape index (κ3) is 7.33. The molecule has 0 saturated carbocycles. The summed E-state index contributed by atoms with van der Waals surface area (Å²) in [6, 6.07) is 111. The second-order valence-electron chi connectivity index (χ2n) is 19.6. The topological polar surface area (TPSA) is 8.17 Å². The van der Waals surface area contributed by atoms with E-state index < -0.39 is 5.41 Å². The SMILES string of the molecule is c1ccc(-c2ccc(-c3ccc(N(c4ccccc4)c4ccc(-c5ccccc5-c5ccc6c7ccccc7n(-c7cccc8c7-c7ccccc7C8(c7ccccc7)c7ccccc7)c6c5)cc4)cc3)cc2)cc1. The van der Waals surface area contributed by atoms with Gasteiger partial charge in [-0.25, -0.2) is 0 Å². The van der Waals surface area contributed by atoms with Crippen molar-refractivity contribution in [3.63, 3.8) is 0 Å². The van der Waals surface area contributed by atoms with Crippen molar-refractivity contribution in [3.8, 4) is 61.3 Å². The van der Waals surface area contributed by atoms with E-state index in [1.165, 1.54) is 99.8 Å². The van der Waals surface area contributed by atoms with Gasteiger partial charge in [0.25, 0.3) is 0 Å². The van der Waals surface area contributed by atoms with E-state index in [9.17, 15) is 0 Å². The zero-order valence-electron chi connectivity index (χ0n) is 41.3. The normalized spacial score (nSPS) is 12.4. The first kappa shape index (κ1) is 44.0. The second kappa shape index (κ2) is 18.4. The molecule has 0 aliphatic heterocycles. The van der Waals surface area contributed by atoms with Crippen LogP contribution < -0.4 is 4.90 Å². The third-order valence-electron chi connectivity index (χ3n) is 15.5. The van der Waals surface area contributed by atoms with Gasteiger partial charge in [-0.3, -0.25) is 0 Å². The van der Waals surface area contributed by atoms with Gasteiger partial charge in [0.15, 0.2) is 0 Å². The lowest BCUT2D eigenvalue weighted by Gasteiger charge is -2.34. The summed E-state index contributed by atoms with van der Waals surface area (Å²) in [4.78, 5) is 2.34. The molecule has 1 aliphatic rings. The summed E-state index contributed by atoms with van der Waals surface area (Å²) in [6.45, 7) is 0. The number of fused-ring (bicyclic) bond motifs is 6. The van der Waals surface area contributed by atoms with E-state index in [4.69, 9.17) is 0 Å². The molecule has 0 amide bonds. The fourth-order valence-electron chi connectivity index (χ4n) is 12.1. The minimum Gasteiger partial charge on any atom is -0.311 e. The van der Waals surface area contributed by atoms with Crippen molar-refractivity contribution in [2.75, 3.05) is 4.90 Å². The number of anilines is 3. The van der Waals surface area contributed by atoms with Gasteiger partial charge in [0.05, 0.1) is 22.1 Å².